The van der Waals surface area contributed by atoms with E-state index in [1.54, 1.807) is 5.56 Å². The van der Waals surface area contributed by atoms with Crippen LogP contribution in [0.3, 0.4) is 0 Å². The Labute approximate surface area is 152 Å². The van der Waals surface area contributed by atoms with Crippen molar-refractivity contribution in [1.29, 1.82) is 0 Å². The predicted octanol–water partition coefficient (Wildman–Crippen LogP) is 5.46. The molecule has 0 saturated heterocycles. The van der Waals surface area contributed by atoms with Crippen LogP contribution in [0.5, 0.6) is 5.75 Å². The quantitative estimate of drug-likeness (QED) is 0.340. The molecule has 4 atom stereocenters. The Bertz CT molecular complexity index is 653. The van der Waals surface area contributed by atoms with Crippen LogP contribution in [0.15, 0.2) is 12.1 Å². The number of ether oxygens (including phenoxy) is 1. The first-order chi connectivity index (χ1) is 11.0. The van der Waals surface area contributed by atoms with Gasteiger partial charge in [-0.3, -0.25) is 4.79 Å². The summed E-state index contributed by atoms with van der Waals surface area (Å²) in [7, 11) is 0. The van der Waals surface area contributed by atoms with Crippen LogP contribution in [0.2, 0.25) is 0 Å². The predicted molar refractivity (Wildman–Crippen MR) is 99.7 cm³/mol. The lowest BCUT2D eigenvalue weighted by Crippen LogP contribution is -2.39. The van der Waals surface area contributed by atoms with Crippen molar-refractivity contribution in [2.75, 3.05) is 0 Å². The maximum Gasteiger partial charge on any atom is 0.308 e. The lowest BCUT2D eigenvalue weighted by atomic mass is 9.56. The fraction of sp³-hybridized carbons (Fsp3) is 0.650. The molecule has 0 aromatic heterocycles. The van der Waals surface area contributed by atoms with Crippen molar-refractivity contribution < 1.29 is 9.53 Å². The SMILES string of the molecule is CC(=O)Oc1cc2c(cc1I)[C@H]1CC[C@]3(C)CCC[C@H]3[C@@H]1CC2. The van der Waals surface area contributed by atoms with Gasteiger partial charge < -0.3 is 4.74 Å². The van der Waals surface area contributed by atoms with E-state index in [0.717, 1.165) is 33.5 Å². The van der Waals surface area contributed by atoms with Gasteiger partial charge in [-0.05, 0) is 108 Å². The molecular weight excluding hydrogens is 399 g/mol. The molecule has 0 amide bonds. The van der Waals surface area contributed by atoms with Crippen LogP contribution in [-0.4, -0.2) is 5.97 Å². The molecule has 23 heavy (non-hydrogen) atoms. The zero-order valence-electron chi connectivity index (χ0n) is 14.0. The average molecular weight is 424 g/mol. The summed E-state index contributed by atoms with van der Waals surface area (Å²) < 4.78 is 6.47. The van der Waals surface area contributed by atoms with Gasteiger partial charge in [0.2, 0.25) is 0 Å². The molecule has 0 spiro atoms. The van der Waals surface area contributed by atoms with Gasteiger partial charge >= 0.3 is 5.97 Å². The minimum atomic E-state index is -0.226. The molecule has 2 fully saturated rings. The van der Waals surface area contributed by atoms with Gasteiger partial charge in [-0.2, -0.15) is 0 Å². The van der Waals surface area contributed by atoms with E-state index in [0.29, 0.717) is 5.41 Å². The maximum absolute atomic E-state index is 11.3. The molecule has 3 aliphatic rings. The first-order valence-corrected chi connectivity index (χ1v) is 10.1. The van der Waals surface area contributed by atoms with E-state index >= 15 is 0 Å². The van der Waals surface area contributed by atoms with Crippen LogP contribution in [0.4, 0.5) is 0 Å². The second kappa shape index (κ2) is 5.75. The first-order valence-electron chi connectivity index (χ1n) is 8.99. The van der Waals surface area contributed by atoms with Gasteiger partial charge in [-0.1, -0.05) is 13.3 Å². The van der Waals surface area contributed by atoms with Crippen molar-refractivity contribution >= 4 is 28.6 Å². The van der Waals surface area contributed by atoms with Crippen molar-refractivity contribution in [2.24, 2.45) is 17.3 Å². The number of benzene rings is 1. The van der Waals surface area contributed by atoms with E-state index in [1.807, 2.05) is 0 Å². The largest absolute Gasteiger partial charge is 0.426 e. The highest BCUT2D eigenvalue weighted by atomic mass is 127. The van der Waals surface area contributed by atoms with Crippen molar-refractivity contribution in [3.8, 4) is 5.75 Å². The third-order valence-electron chi connectivity index (χ3n) is 6.81. The molecule has 1 aromatic rings. The molecule has 4 rings (SSSR count). The number of fused-ring (bicyclic) bond motifs is 5. The lowest BCUT2D eigenvalue weighted by molar-refractivity contribution is -0.131. The van der Waals surface area contributed by atoms with Crippen LogP contribution < -0.4 is 4.74 Å². The number of carbonyl (C=O) groups excluding carboxylic acids is 1. The Hall–Kier alpha value is -0.580. The molecule has 1 aromatic carbocycles. The number of hydrogen-bond acceptors (Lipinski definition) is 2. The van der Waals surface area contributed by atoms with Crippen molar-refractivity contribution in [2.45, 2.75) is 64.7 Å². The Morgan fingerprint density at radius 3 is 2.87 bits per heavy atom. The summed E-state index contributed by atoms with van der Waals surface area (Å²) in [5.74, 6) is 3.06. The van der Waals surface area contributed by atoms with Crippen molar-refractivity contribution in [3.05, 3.63) is 26.8 Å². The Morgan fingerprint density at radius 1 is 1.26 bits per heavy atom. The van der Waals surface area contributed by atoms with Crippen LogP contribution in [0, 0.1) is 20.8 Å². The van der Waals surface area contributed by atoms with E-state index in [9.17, 15) is 4.79 Å². The Kier molecular flexibility index (Phi) is 3.98. The van der Waals surface area contributed by atoms with Crippen LogP contribution >= 0.6 is 22.6 Å². The van der Waals surface area contributed by atoms with Crippen LogP contribution in [-0.2, 0) is 11.2 Å². The van der Waals surface area contributed by atoms with Gasteiger partial charge in [0.25, 0.3) is 0 Å². The normalized spacial score (nSPS) is 35.2. The van der Waals surface area contributed by atoms with E-state index in [2.05, 4.69) is 41.6 Å². The van der Waals surface area contributed by atoms with E-state index < -0.39 is 0 Å². The van der Waals surface area contributed by atoms with Gasteiger partial charge in [0, 0.05) is 6.92 Å². The third kappa shape index (κ3) is 2.63. The van der Waals surface area contributed by atoms with Gasteiger partial charge in [0.15, 0.2) is 0 Å². The lowest BCUT2D eigenvalue weighted by Gasteiger charge is -2.49. The summed E-state index contributed by atoms with van der Waals surface area (Å²) in [6, 6.07) is 4.44. The fourth-order valence-electron chi connectivity index (χ4n) is 5.80. The molecule has 2 nitrogen and oxygen atoms in total. The van der Waals surface area contributed by atoms with Gasteiger partial charge in [0.1, 0.15) is 5.75 Å². The highest BCUT2D eigenvalue weighted by Crippen LogP contribution is 2.61. The number of hydrogen-bond donors (Lipinski definition) is 0. The topological polar surface area (TPSA) is 26.3 Å². The molecular formula is C20H25IO2. The number of esters is 1. The number of aryl methyl sites for hydroxylation is 1. The van der Waals surface area contributed by atoms with Gasteiger partial charge in [0.05, 0.1) is 3.57 Å². The molecule has 0 radical (unpaired) electrons. The minimum Gasteiger partial charge on any atom is -0.426 e. The summed E-state index contributed by atoms with van der Waals surface area (Å²) in [4.78, 5) is 11.3. The number of halogens is 1. The van der Waals surface area contributed by atoms with Gasteiger partial charge in [-0.25, -0.2) is 0 Å². The third-order valence-corrected chi connectivity index (χ3v) is 7.66. The molecule has 0 bridgehead atoms. The summed E-state index contributed by atoms with van der Waals surface area (Å²) in [5, 5.41) is 0. The van der Waals surface area contributed by atoms with E-state index in [4.69, 9.17) is 4.74 Å². The highest BCUT2D eigenvalue weighted by molar-refractivity contribution is 14.1. The Balaban J connectivity index is 1.68. The standard InChI is InChI=1S/C20H25IO2/c1-12(22)23-19-10-13-5-6-15-14(16(13)11-18(19)21)7-9-20(2)8-3-4-17(15)20/h10-11,14-15,17H,3-9H2,1-2H3/t14-,15+,17-,20-/m0/s1. The molecule has 2 saturated carbocycles. The molecule has 3 aliphatic carbocycles. The molecule has 0 aliphatic heterocycles. The van der Waals surface area contributed by atoms with Crippen LogP contribution in [0.25, 0.3) is 0 Å². The highest BCUT2D eigenvalue weighted by Gasteiger charge is 2.50. The Morgan fingerprint density at radius 2 is 2.09 bits per heavy atom. The first kappa shape index (κ1) is 15.9. The fourth-order valence-corrected chi connectivity index (χ4v) is 6.40. The monoisotopic (exact) mass is 424 g/mol. The van der Waals surface area contributed by atoms with E-state index in [1.165, 1.54) is 51.0 Å². The summed E-state index contributed by atoms with van der Waals surface area (Å²) in [5.41, 5.74) is 3.59. The van der Waals surface area contributed by atoms with Crippen molar-refractivity contribution in [1.82, 2.24) is 0 Å². The molecule has 0 N–H and O–H groups in total. The van der Waals surface area contributed by atoms with Crippen LogP contribution in [0.1, 0.15) is 69.4 Å². The summed E-state index contributed by atoms with van der Waals surface area (Å²) in [6.45, 7) is 4.03. The van der Waals surface area contributed by atoms with E-state index in [-0.39, 0.29) is 5.97 Å². The maximum atomic E-state index is 11.3. The number of carbonyl (C=O) groups is 1. The molecule has 0 unspecified atom stereocenters. The van der Waals surface area contributed by atoms with Crippen molar-refractivity contribution in [3.63, 3.8) is 0 Å². The average Bonchev–Trinajstić information content (AvgIpc) is 2.89. The second-order valence-electron chi connectivity index (χ2n) is 8.08. The molecule has 3 heteroatoms. The smallest absolute Gasteiger partial charge is 0.308 e. The molecule has 124 valence electrons. The zero-order chi connectivity index (χ0) is 16.2. The zero-order valence-corrected chi connectivity index (χ0v) is 16.2. The second-order valence-corrected chi connectivity index (χ2v) is 9.24. The molecule has 0 heterocycles. The summed E-state index contributed by atoms with van der Waals surface area (Å²) >= 11 is 2.32. The minimum absolute atomic E-state index is 0.226. The number of rotatable bonds is 1. The van der Waals surface area contributed by atoms with Gasteiger partial charge in [-0.15, -0.1) is 0 Å². The summed E-state index contributed by atoms with van der Waals surface area (Å²) in [6.07, 6.45) is 9.51.